The van der Waals surface area contributed by atoms with Crippen molar-refractivity contribution in [3.05, 3.63) is 0 Å². The van der Waals surface area contributed by atoms with Gasteiger partial charge < -0.3 is 9.47 Å². The topological polar surface area (TPSA) is 52.6 Å². The molecule has 0 heterocycles. The highest BCUT2D eigenvalue weighted by Gasteiger charge is 2.59. The average Bonchev–Trinajstić information content (AvgIpc) is 2.84. The minimum atomic E-state index is -0.481. The Morgan fingerprint density at radius 2 is 1.83 bits per heavy atom. The Hall–Kier alpha value is -1.06. The molecule has 2 unspecified atom stereocenters. The van der Waals surface area contributed by atoms with Gasteiger partial charge in [0.2, 0.25) is 0 Å². The van der Waals surface area contributed by atoms with Crippen molar-refractivity contribution in [1.29, 1.82) is 0 Å². The number of hydrogen-bond acceptors (Lipinski definition) is 4. The summed E-state index contributed by atoms with van der Waals surface area (Å²) >= 11 is 0. The normalized spacial score (nSPS) is 26.6. The Morgan fingerprint density at radius 3 is 2.22 bits per heavy atom. The molecule has 4 nitrogen and oxygen atoms in total. The van der Waals surface area contributed by atoms with E-state index in [0.29, 0.717) is 12.5 Å². The molecule has 1 aliphatic rings. The van der Waals surface area contributed by atoms with Crippen molar-refractivity contribution in [2.75, 3.05) is 13.2 Å². The van der Waals surface area contributed by atoms with Crippen LogP contribution in [0.5, 0.6) is 0 Å². The lowest BCUT2D eigenvalue weighted by Crippen LogP contribution is -2.28. The molecule has 0 aromatic carbocycles. The third kappa shape index (κ3) is 3.72. The third-order valence-electron chi connectivity index (χ3n) is 3.33. The molecule has 0 spiro atoms. The quantitative estimate of drug-likeness (QED) is 0.709. The molecular weight excluding hydrogens is 232 g/mol. The first-order chi connectivity index (χ1) is 8.21. The van der Waals surface area contributed by atoms with Crippen LogP contribution in [0.15, 0.2) is 0 Å². The van der Waals surface area contributed by atoms with E-state index < -0.39 is 5.97 Å². The number of hydrogen-bond donors (Lipinski definition) is 0. The lowest BCUT2D eigenvalue weighted by molar-refractivity contribution is -0.163. The second-order valence-electron chi connectivity index (χ2n) is 6.38. The number of carbonyl (C=O) groups is 2. The van der Waals surface area contributed by atoms with E-state index >= 15 is 0 Å². The van der Waals surface area contributed by atoms with Gasteiger partial charge in [-0.2, -0.15) is 0 Å². The Balaban J connectivity index is 2.52. The second kappa shape index (κ2) is 5.29. The number of esters is 2. The zero-order valence-electron chi connectivity index (χ0n) is 12.0. The Kier molecular flexibility index (Phi) is 4.41. The van der Waals surface area contributed by atoms with Crippen molar-refractivity contribution in [3.63, 3.8) is 0 Å². The molecule has 0 aromatic heterocycles. The Labute approximate surface area is 109 Å². The molecule has 1 saturated carbocycles. The van der Waals surface area contributed by atoms with Gasteiger partial charge in [0.1, 0.15) is 0 Å². The van der Waals surface area contributed by atoms with E-state index in [1.807, 2.05) is 0 Å². The van der Waals surface area contributed by atoms with E-state index in [1.54, 1.807) is 6.92 Å². The summed E-state index contributed by atoms with van der Waals surface area (Å²) in [6.07, 6.45) is 1.65. The van der Waals surface area contributed by atoms with Gasteiger partial charge in [-0.05, 0) is 31.1 Å². The summed E-state index contributed by atoms with van der Waals surface area (Å²) in [5.74, 6) is -0.394. The van der Waals surface area contributed by atoms with Crippen molar-refractivity contribution < 1.29 is 19.1 Å². The molecule has 4 heteroatoms. The number of ether oxygens (including phenoxy) is 2. The van der Waals surface area contributed by atoms with Crippen molar-refractivity contribution >= 4 is 11.9 Å². The predicted octanol–water partition coefficient (Wildman–Crippen LogP) is 2.56. The lowest BCUT2D eigenvalue weighted by atomic mass is 9.81. The summed E-state index contributed by atoms with van der Waals surface area (Å²) in [6, 6.07) is 0. The van der Waals surface area contributed by atoms with Crippen LogP contribution in [0.1, 0.15) is 47.5 Å². The molecule has 0 aliphatic heterocycles. The van der Waals surface area contributed by atoms with Gasteiger partial charge in [-0.25, -0.2) is 4.79 Å². The van der Waals surface area contributed by atoms with Crippen LogP contribution in [0.3, 0.4) is 0 Å². The zero-order chi connectivity index (χ0) is 14.0. The van der Waals surface area contributed by atoms with Gasteiger partial charge in [-0.3, -0.25) is 4.79 Å². The second-order valence-corrected chi connectivity index (χ2v) is 6.38. The Morgan fingerprint density at radius 1 is 1.28 bits per heavy atom. The maximum atomic E-state index is 12.1. The first-order valence-corrected chi connectivity index (χ1v) is 6.54. The van der Waals surface area contributed by atoms with Gasteiger partial charge in [0.25, 0.3) is 0 Å². The summed E-state index contributed by atoms with van der Waals surface area (Å²) in [4.78, 5) is 23.3. The maximum Gasteiger partial charge on any atom is 0.344 e. The molecule has 0 saturated heterocycles. The fourth-order valence-electron chi connectivity index (χ4n) is 2.51. The molecule has 1 rings (SSSR count). The lowest BCUT2D eigenvalue weighted by Gasteiger charge is -2.25. The van der Waals surface area contributed by atoms with Gasteiger partial charge in [-0.15, -0.1) is 0 Å². The van der Waals surface area contributed by atoms with Crippen LogP contribution in [-0.2, 0) is 19.1 Å². The molecule has 18 heavy (non-hydrogen) atoms. The Bertz CT molecular complexity index is 329. The van der Waals surface area contributed by atoms with E-state index in [-0.39, 0.29) is 23.4 Å². The average molecular weight is 256 g/mol. The van der Waals surface area contributed by atoms with Crippen LogP contribution < -0.4 is 0 Å². The highest BCUT2D eigenvalue weighted by atomic mass is 16.6. The van der Waals surface area contributed by atoms with E-state index in [2.05, 4.69) is 27.7 Å². The van der Waals surface area contributed by atoms with Gasteiger partial charge >= 0.3 is 11.9 Å². The van der Waals surface area contributed by atoms with Crippen molar-refractivity contribution in [3.8, 4) is 0 Å². The summed E-state index contributed by atoms with van der Waals surface area (Å²) in [6.45, 7) is 10.1. The van der Waals surface area contributed by atoms with Crippen LogP contribution in [0.2, 0.25) is 0 Å². The molecule has 2 atom stereocenters. The molecule has 104 valence electrons. The molecule has 0 radical (unpaired) electrons. The van der Waals surface area contributed by atoms with Crippen molar-refractivity contribution in [1.82, 2.24) is 0 Å². The zero-order valence-corrected chi connectivity index (χ0v) is 12.0. The standard InChI is InChI=1S/C14H24O4/c1-6-17-11(15)8-18-12(16)14(7-10(14)2)9-13(3,4)5/h10H,6-9H2,1-5H3. The van der Waals surface area contributed by atoms with Gasteiger partial charge in [0.15, 0.2) is 6.61 Å². The van der Waals surface area contributed by atoms with E-state index in [4.69, 9.17) is 9.47 Å². The first-order valence-electron chi connectivity index (χ1n) is 6.54. The summed E-state index contributed by atoms with van der Waals surface area (Å²) < 4.78 is 9.82. The van der Waals surface area contributed by atoms with Crippen molar-refractivity contribution in [2.45, 2.75) is 47.5 Å². The molecule has 1 fully saturated rings. The van der Waals surface area contributed by atoms with Gasteiger partial charge in [0, 0.05) is 0 Å². The summed E-state index contributed by atoms with van der Waals surface area (Å²) in [7, 11) is 0. The van der Waals surface area contributed by atoms with Crippen LogP contribution >= 0.6 is 0 Å². The van der Waals surface area contributed by atoms with Crippen LogP contribution in [0.25, 0.3) is 0 Å². The fraction of sp³-hybridized carbons (Fsp3) is 0.857. The van der Waals surface area contributed by atoms with E-state index in [0.717, 1.165) is 12.8 Å². The molecule has 0 amide bonds. The SMILES string of the molecule is CCOC(=O)COC(=O)C1(CC(C)(C)C)CC1C. The van der Waals surface area contributed by atoms with Gasteiger partial charge in [-0.1, -0.05) is 27.7 Å². The molecular formula is C14H24O4. The largest absolute Gasteiger partial charge is 0.463 e. The van der Waals surface area contributed by atoms with Crippen LogP contribution in [0.4, 0.5) is 0 Å². The number of carbonyl (C=O) groups excluding carboxylic acids is 2. The molecule has 0 bridgehead atoms. The molecule has 0 aromatic rings. The highest BCUT2D eigenvalue weighted by Crippen LogP contribution is 2.59. The maximum absolute atomic E-state index is 12.1. The number of rotatable bonds is 5. The highest BCUT2D eigenvalue weighted by molar-refractivity contribution is 5.83. The molecule has 1 aliphatic carbocycles. The smallest absolute Gasteiger partial charge is 0.344 e. The minimum Gasteiger partial charge on any atom is -0.463 e. The third-order valence-corrected chi connectivity index (χ3v) is 3.33. The van der Waals surface area contributed by atoms with E-state index in [1.165, 1.54) is 0 Å². The van der Waals surface area contributed by atoms with Crippen molar-refractivity contribution in [2.24, 2.45) is 16.7 Å². The predicted molar refractivity (Wildman–Crippen MR) is 67.9 cm³/mol. The minimum absolute atomic E-state index is 0.0771. The monoisotopic (exact) mass is 256 g/mol. The summed E-state index contributed by atoms with van der Waals surface area (Å²) in [5, 5.41) is 0. The van der Waals surface area contributed by atoms with E-state index in [9.17, 15) is 9.59 Å². The fourth-order valence-corrected chi connectivity index (χ4v) is 2.51. The first kappa shape index (κ1) is 15.0. The van der Waals surface area contributed by atoms with Crippen LogP contribution in [-0.4, -0.2) is 25.2 Å². The van der Waals surface area contributed by atoms with Crippen LogP contribution in [0, 0.1) is 16.7 Å². The molecule has 0 N–H and O–H groups in total. The van der Waals surface area contributed by atoms with Gasteiger partial charge in [0.05, 0.1) is 12.0 Å². The summed E-state index contributed by atoms with van der Waals surface area (Å²) in [5.41, 5.74) is -0.307.